The van der Waals surface area contributed by atoms with Crippen LogP contribution in [0.5, 0.6) is 5.75 Å². The van der Waals surface area contributed by atoms with Crippen molar-refractivity contribution in [3.8, 4) is 5.75 Å². The average molecular weight is 241 g/mol. The highest BCUT2D eigenvalue weighted by Gasteiger charge is 2.34. The van der Waals surface area contributed by atoms with Gasteiger partial charge in [-0.05, 0) is 0 Å². The van der Waals surface area contributed by atoms with Crippen molar-refractivity contribution in [2.45, 2.75) is 13.0 Å². The van der Waals surface area contributed by atoms with E-state index in [4.69, 9.17) is 0 Å². The predicted octanol–water partition coefficient (Wildman–Crippen LogP) is 2.40. The third-order valence-corrected chi connectivity index (χ3v) is 1.55. The number of carbonyl (C=O) groups excluding carboxylic acids is 1. The summed E-state index contributed by atoms with van der Waals surface area (Å²) in [5.74, 6) is -3.01. The van der Waals surface area contributed by atoms with E-state index in [1.807, 2.05) is 0 Å². The second-order valence-corrected chi connectivity index (χ2v) is 2.61. The lowest BCUT2D eigenvalue weighted by Crippen LogP contribution is -2.20. The fourth-order valence-electron chi connectivity index (χ4n) is 0.911. The van der Waals surface area contributed by atoms with E-state index in [2.05, 4.69) is 9.72 Å². The summed E-state index contributed by atoms with van der Waals surface area (Å²) in [5, 5.41) is 0. The second-order valence-electron chi connectivity index (χ2n) is 2.61. The number of nitrogens with zero attached hydrogens (tertiary/aromatic N) is 1. The van der Waals surface area contributed by atoms with Crippen LogP contribution in [0.4, 0.5) is 22.0 Å². The molecule has 1 rings (SSSR count). The average Bonchev–Trinajstić information content (AvgIpc) is 2.19. The van der Waals surface area contributed by atoms with Crippen molar-refractivity contribution in [1.29, 1.82) is 0 Å². The van der Waals surface area contributed by atoms with Gasteiger partial charge in [0.15, 0.2) is 17.9 Å². The molecule has 8 heteroatoms. The fourth-order valence-corrected chi connectivity index (χ4v) is 0.911. The molecule has 1 aromatic heterocycles. The molecule has 88 valence electrons. The van der Waals surface area contributed by atoms with E-state index in [0.29, 0.717) is 6.20 Å². The molecule has 0 N–H and O–H groups in total. The normalized spacial score (nSPS) is 11.3. The van der Waals surface area contributed by atoms with Crippen molar-refractivity contribution in [2.24, 2.45) is 0 Å². The number of aldehydes is 1. The second kappa shape index (κ2) is 4.42. The van der Waals surface area contributed by atoms with Crippen LogP contribution in [-0.4, -0.2) is 17.6 Å². The van der Waals surface area contributed by atoms with E-state index < -0.39 is 35.9 Å². The van der Waals surface area contributed by atoms with Crippen LogP contribution in [0, 0.1) is 5.82 Å². The SMILES string of the molecule is O=Cc1ncc(CF)c(F)c1OC(F)(F)F. The van der Waals surface area contributed by atoms with Crippen molar-refractivity contribution in [2.75, 3.05) is 0 Å². The van der Waals surface area contributed by atoms with Gasteiger partial charge in [0.1, 0.15) is 12.4 Å². The summed E-state index contributed by atoms with van der Waals surface area (Å²) in [7, 11) is 0. The van der Waals surface area contributed by atoms with Crippen LogP contribution in [0.1, 0.15) is 16.1 Å². The Labute approximate surface area is 85.8 Å². The molecule has 0 bridgehead atoms. The lowest BCUT2D eigenvalue weighted by Gasteiger charge is -2.11. The van der Waals surface area contributed by atoms with Crippen LogP contribution in [0.15, 0.2) is 6.20 Å². The summed E-state index contributed by atoms with van der Waals surface area (Å²) in [5.41, 5.74) is -1.60. The third-order valence-electron chi connectivity index (χ3n) is 1.55. The van der Waals surface area contributed by atoms with Gasteiger partial charge in [0.25, 0.3) is 0 Å². The van der Waals surface area contributed by atoms with Crippen molar-refractivity contribution in [1.82, 2.24) is 4.98 Å². The highest BCUT2D eigenvalue weighted by molar-refractivity contribution is 5.76. The molecule has 0 aliphatic heterocycles. The highest BCUT2D eigenvalue weighted by Crippen LogP contribution is 2.29. The Morgan fingerprint density at radius 3 is 2.50 bits per heavy atom. The van der Waals surface area contributed by atoms with Gasteiger partial charge in [-0.15, -0.1) is 13.2 Å². The molecule has 0 saturated heterocycles. The van der Waals surface area contributed by atoms with Gasteiger partial charge < -0.3 is 4.74 Å². The number of halogens is 5. The minimum absolute atomic E-state index is 0.119. The molecule has 0 aliphatic carbocycles. The Balaban J connectivity index is 3.26. The number of hydrogen-bond acceptors (Lipinski definition) is 3. The van der Waals surface area contributed by atoms with Gasteiger partial charge in [-0.25, -0.2) is 13.8 Å². The molecular formula is C8H4F5NO2. The van der Waals surface area contributed by atoms with E-state index in [9.17, 15) is 26.7 Å². The third kappa shape index (κ3) is 2.65. The predicted molar refractivity (Wildman–Crippen MR) is 41.1 cm³/mol. The summed E-state index contributed by atoms with van der Waals surface area (Å²) in [6, 6.07) is 0. The molecule has 0 aromatic carbocycles. The number of carbonyl (C=O) groups is 1. The summed E-state index contributed by atoms with van der Waals surface area (Å²) >= 11 is 0. The molecule has 16 heavy (non-hydrogen) atoms. The Kier molecular flexibility index (Phi) is 3.41. The van der Waals surface area contributed by atoms with Crippen LogP contribution >= 0.6 is 0 Å². The molecule has 0 spiro atoms. The smallest absolute Gasteiger partial charge is 0.400 e. The molecule has 0 radical (unpaired) electrons. The summed E-state index contributed by atoms with van der Waals surface area (Å²) in [6.07, 6.45) is -4.68. The highest BCUT2D eigenvalue weighted by atomic mass is 19.4. The quantitative estimate of drug-likeness (QED) is 0.602. The van der Waals surface area contributed by atoms with Gasteiger partial charge in [-0.3, -0.25) is 4.79 Å². The molecule has 0 saturated carbocycles. The molecule has 0 unspecified atom stereocenters. The molecular weight excluding hydrogens is 237 g/mol. The van der Waals surface area contributed by atoms with E-state index in [-0.39, 0.29) is 6.29 Å². The monoisotopic (exact) mass is 241 g/mol. The zero-order valence-corrected chi connectivity index (χ0v) is 7.52. The van der Waals surface area contributed by atoms with Crippen LogP contribution in [0.2, 0.25) is 0 Å². The van der Waals surface area contributed by atoms with Gasteiger partial charge in [-0.2, -0.15) is 0 Å². The van der Waals surface area contributed by atoms with Crippen molar-refractivity contribution in [3.63, 3.8) is 0 Å². The maximum absolute atomic E-state index is 13.2. The minimum atomic E-state index is -5.19. The van der Waals surface area contributed by atoms with Gasteiger partial charge in [0.05, 0.1) is 0 Å². The number of rotatable bonds is 3. The van der Waals surface area contributed by atoms with Crippen LogP contribution in [0.3, 0.4) is 0 Å². The number of aromatic nitrogens is 1. The fraction of sp³-hybridized carbons (Fsp3) is 0.250. The standard InChI is InChI=1S/C8H4F5NO2/c9-1-4-2-14-5(3-15)7(6(4)10)16-8(11,12)13/h2-3H,1H2. The molecule has 1 aromatic rings. The van der Waals surface area contributed by atoms with Gasteiger partial charge >= 0.3 is 6.36 Å². The van der Waals surface area contributed by atoms with Gasteiger partial charge in [0.2, 0.25) is 0 Å². The molecule has 3 nitrogen and oxygen atoms in total. The topological polar surface area (TPSA) is 39.2 Å². The number of ether oxygens (including phenoxy) is 1. The van der Waals surface area contributed by atoms with E-state index in [1.54, 1.807) is 0 Å². The van der Waals surface area contributed by atoms with Crippen LogP contribution < -0.4 is 4.74 Å². The Morgan fingerprint density at radius 1 is 1.44 bits per heavy atom. The zero-order valence-electron chi connectivity index (χ0n) is 7.52. The lowest BCUT2D eigenvalue weighted by atomic mass is 10.2. The molecule has 0 fully saturated rings. The Bertz CT molecular complexity index is 404. The van der Waals surface area contributed by atoms with Crippen LogP contribution in [-0.2, 0) is 6.67 Å². The number of alkyl halides is 4. The summed E-state index contributed by atoms with van der Waals surface area (Å²) < 4.78 is 64.1. The molecule has 0 aliphatic rings. The molecule has 0 amide bonds. The van der Waals surface area contributed by atoms with Gasteiger partial charge in [0, 0.05) is 11.8 Å². The Hall–Kier alpha value is -1.73. The van der Waals surface area contributed by atoms with Crippen molar-refractivity contribution < 1.29 is 31.5 Å². The maximum atomic E-state index is 13.2. The van der Waals surface area contributed by atoms with E-state index in [1.165, 1.54) is 0 Å². The first kappa shape index (κ1) is 12.3. The lowest BCUT2D eigenvalue weighted by molar-refractivity contribution is -0.275. The van der Waals surface area contributed by atoms with Crippen molar-refractivity contribution >= 4 is 6.29 Å². The largest absolute Gasteiger partial charge is 0.573 e. The number of hydrogen-bond donors (Lipinski definition) is 0. The summed E-state index contributed by atoms with van der Waals surface area (Å²) in [6.45, 7) is -1.35. The van der Waals surface area contributed by atoms with E-state index >= 15 is 0 Å². The maximum Gasteiger partial charge on any atom is 0.573 e. The first-order valence-corrected chi connectivity index (χ1v) is 3.83. The van der Waals surface area contributed by atoms with E-state index in [0.717, 1.165) is 0 Å². The van der Waals surface area contributed by atoms with Gasteiger partial charge in [-0.1, -0.05) is 0 Å². The first-order chi connectivity index (χ1) is 7.39. The molecule has 0 atom stereocenters. The number of pyridine rings is 1. The van der Waals surface area contributed by atoms with Crippen LogP contribution in [0.25, 0.3) is 0 Å². The summed E-state index contributed by atoms with van der Waals surface area (Å²) in [4.78, 5) is 13.4. The molecule has 1 heterocycles. The minimum Gasteiger partial charge on any atom is -0.400 e. The Morgan fingerprint density at radius 2 is 2.06 bits per heavy atom. The first-order valence-electron chi connectivity index (χ1n) is 3.83. The van der Waals surface area contributed by atoms with Crippen molar-refractivity contribution in [3.05, 3.63) is 23.3 Å². The zero-order chi connectivity index (χ0) is 12.3.